The van der Waals surface area contributed by atoms with Gasteiger partial charge in [-0.2, -0.15) is 0 Å². The molecule has 0 aliphatic heterocycles. The predicted molar refractivity (Wildman–Crippen MR) is 80.6 cm³/mol. The van der Waals surface area contributed by atoms with Gasteiger partial charge in [0.2, 0.25) is 0 Å². The van der Waals surface area contributed by atoms with Crippen LogP contribution >= 0.6 is 0 Å². The van der Waals surface area contributed by atoms with E-state index < -0.39 is 0 Å². The lowest BCUT2D eigenvalue weighted by Crippen LogP contribution is -2.26. The third-order valence-corrected chi connectivity index (χ3v) is 3.24. The van der Waals surface area contributed by atoms with Crippen LogP contribution in [-0.4, -0.2) is 17.6 Å². The van der Waals surface area contributed by atoms with Crippen LogP contribution in [0.25, 0.3) is 0 Å². The minimum Gasteiger partial charge on any atom is -0.496 e. The van der Waals surface area contributed by atoms with Crippen molar-refractivity contribution in [3.05, 3.63) is 63.6 Å². The van der Waals surface area contributed by atoms with Crippen molar-refractivity contribution in [2.24, 2.45) is 7.05 Å². The molecule has 0 bridgehead atoms. The highest BCUT2D eigenvalue weighted by atomic mass is 16.5. The van der Waals surface area contributed by atoms with Crippen molar-refractivity contribution in [1.82, 2.24) is 9.88 Å². The zero-order valence-corrected chi connectivity index (χ0v) is 12.3. The maximum Gasteiger partial charge on any atom is 0.251 e. The van der Waals surface area contributed by atoms with Gasteiger partial charge in [0.1, 0.15) is 5.75 Å². The van der Waals surface area contributed by atoms with Crippen LogP contribution in [0.1, 0.15) is 21.5 Å². The first-order valence-corrected chi connectivity index (χ1v) is 6.59. The van der Waals surface area contributed by atoms with Gasteiger partial charge < -0.3 is 14.6 Å². The van der Waals surface area contributed by atoms with E-state index in [2.05, 4.69) is 5.32 Å². The first-order chi connectivity index (χ1) is 10.0. The van der Waals surface area contributed by atoms with Gasteiger partial charge in [0.05, 0.1) is 7.11 Å². The second kappa shape index (κ2) is 6.26. The number of benzene rings is 1. The number of aryl methyl sites for hydroxylation is 2. The molecule has 110 valence electrons. The summed E-state index contributed by atoms with van der Waals surface area (Å²) in [6.45, 7) is 2.32. The van der Waals surface area contributed by atoms with E-state index in [-0.39, 0.29) is 11.5 Å². The third kappa shape index (κ3) is 3.51. The summed E-state index contributed by atoms with van der Waals surface area (Å²) >= 11 is 0. The number of ether oxygens (including phenoxy) is 1. The number of pyridine rings is 1. The number of methoxy groups -OCH3 is 1. The quantitative estimate of drug-likeness (QED) is 0.929. The first-order valence-electron chi connectivity index (χ1n) is 6.59. The lowest BCUT2D eigenvalue weighted by molar-refractivity contribution is 0.0950. The van der Waals surface area contributed by atoms with E-state index in [1.807, 2.05) is 25.1 Å². The van der Waals surface area contributed by atoms with Crippen LogP contribution in [-0.2, 0) is 13.6 Å². The van der Waals surface area contributed by atoms with E-state index in [0.29, 0.717) is 12.1 Å². The molecule has 1 aromatic heterocycles. The molecule has 2 rings (SSSR count). The maximum atomic E-state index is 12.1. The average molecular weight is 286 g/mol. The van der Waals surface area contributed by atoms with Gasteiger partial charge in [0.15, 0.2) is 0 Å². The summed E-state index contributed by atoms with van der Waals surface area (Å²) in [5.41, 5.74) is 2.13. The number of amides is 1. The molecule has 2 aromatic rings. The van der Waals surface area contributed by atoms with E-state index in [1.165, 1.54) is 10.6 Å². The highest BCUT2D eigenvalue weighted by Crippen LogP contribution is 2.19. The van der Waals surface area contributed by atoms with Crippen LogP contribution in [0.4, 0.5) is 0 Å². The molecule has 1 heterocycles. The van der Waals surface area contributed by atoms with Gasteiger partial charge in [0.25, 0.3) is 11.5 Å². The van der Waals surface area contributed by atoms with E-state index in [0.717, 1.165) is 16.9 Å². The van der Waals surface area contributed by atoms with E-state index in [1.54, 1.807) is 26.4 Å². The maximum absolute atomic E-state index is 12.1. The van der Waals surface area contributed by atoms with Crippen molar-refractivity contribution in [2.75, 3.05) is 7.11 Å². The highest BCUT2D eigenvalue weighted by molar-refractivity contribution is 5.93. The zero-order valence-electron chi connectivity index (χ0n) is 12.3. The Morgan fingerprint density at radius 1 is 1.29 bits per heavy atom. The molecule has 0 saturated carbocycles. The fraction of sp³-hybridized carbons (Fsp3) is 0.250. The minimum atomic E-state index is -0.281. The van der Waals surface area contributed by atoms with Crippen LogP contribution in [0, 0.1) is 6.92 Å². The molecule has 1 amide bonds. The Balaban J connectivity index is 2.12. The molecule has 0 spiro atoms. The lowest BCUT2D eigenvalue weighted by atomic mass is 10.1. The van der Waals surface area contributed by atoms with Crippen LogP contribution in [0.15, 0.2) is 41.3 Å². The summed E-state index contributed by atoms with van der Waals surface area (Å²) in [5, 5.41) is 2.80. The smallest absolute Gasteiger partial charge is 0.251 e. The lowest BCUT2D eigenvalue weighted by Gasteiger charge is -2.11. The number of aromatic nitrogens is 1. The Hall–Kier alpha value is -2.56. The van der Waals surface area contributed by atoms with Gasteiger partial charge in [0, 0.05) is 37.0 Å². The number of carbonyl (C=O) groups excluding carboxylic acids is 1. The third-order valence-electron chi connectivity index (χ3n) is 3.24. The van der Waals surface area contributed by atoms with Gasteiger partial charge in [-0.25, -0.2) is 0 Å². The van der Waals surface area contributed by atoms with Gasteiger partial charge in [-0.15, -0.1) is 0 Å². The Labute approximate surface area is 123 Å². The van der Waals surface area contributed by atoms with E-state index in [9.17, 15) is 9.59 Å². The number of hydrogen-bond acceptors (Lipinski definition) is 3. The molecule has 0 fully saturated rings. The van der Waals surface area contributed by atoms with E-state index >= 15 is 0 Å². The minimum absolute atomic E-state index is 0.212. The molecule has 0 atom stereocenters. The molecule has 0 aliphatic carbocycles. The highest BCUT2D eigenvalue weighted by Gasteiger charge is 2.09. The summed E-state index contributed by atoms with van der Waals surface area (Å²) < 4.78 is 6.69. The van der Waals surface area contributed by atoms with Gasteiger partial charge in [-0.05, 0) is 19.1 Å². The van der Waals surface area contributed by atoms with Crippen LogP contribution in [0.2, 0.25) is 0 Å². The second-order valence-corrected chi connectivity index (χ2v) is 4.86. The summed E-state index contributed by atoms with van der Waals surface area (Å²) in [6.07, 6.45) is 1.57. The van der Waals surface area contributed by atoms with Crippen molar-refractivity contribution in [1.29, 1.82) is 0 Å². The summed E-state index contributed by atoms with van der Waals surface area (Å²) in [4.78, 5) is 23.6. The number of carbonyl (C=O) groups is 1. The number of nitrogens with zero attached hydrogens (tertiary/aromatic N) is 1. The van der Waals surface area contributed by atoms with Gasteiger partial charge >= 0.3 is 0 Å². The molecule has 0 saturated heterocycles. The van der Waals surface area contributed by atoms with Crippen LogP contribution in [0.5, 0.6) is 5.75 Å². The monoisotopic (exact) mass is 286 g/mol. The molecule has 5 nitrogen and oxygen atoms in total. The molecule has 1 N–H and O–H groups in total. The molecule has 0 radical (unpaired) electrons. The molecular weight excluding hydrogens is 268 g/mol. The fourth-order valence-corrected chi connectivity index (χ4v) is 2.01. The number of rotatable bonds is 4. The van der Waals surface area contributed by atoms with Crippen molar-refractivity contribution in [3.63, 3.8) is 0 Å². The number of nitrogens with one attached hydrogen (secondary N) is 1. The molecule has 0 aliphatic rings. The predicted octanol–water partition coefficient (Wildman–Crippen LogP) is 1.63. The molecular formula is C16H18N2O3. The van der Waals surface area contributed by atoms with Gasteiger partial charge in [-0.3, -0.25) is 9.59 Å². The van der Waals surface area contributed by atoms with Crippen molar-refractivity contribution in [3.8, 4) is 5.75 Å². The Morgan fingerprint density at radius 2 is 2.05 bits per heavy atom. The second-order valence-electron chi connectivity index (χ2n) is 4.86. The number of hydrogen-bond donors (Lipinski definition) is 1. The Morgan fingerprint density at radius 3 is 2.71 bits per heavy atom. The molecule has 5 heteroatoms. The Kier molecular flexibility index (Phi) is 4.42. The van der Waals surface area contributed by atoms with Crippen molar-refractivity contribution < 1.29 is 9.53 Å². The SMILES string of the molecule is COc1ccc(C)cc1CNC(=O)c1ccn(C)c(=O)c1. The molecule has 0 unspecified atom stereocenters. The topological polar surface area (TPSA) is 60.3 Å². The van der Waals surface area contributed by atoms with Crippen LogP contribution in [0.3, 0.4) is 0 Å². The average Bonchev–Trinajstić information content (AvgIpc) is 2.47. The fourth-order valence-electron chi connectivity index (χ4n) is 2.01. The summed E-state index contributed by atoms with van der Waals surface area (Å²) in [5.74, 6) is 0.445. The zero-order chi connectivity index (χ0) is 15.4. The normalized spacial score (nSPS) is 10.2. The van der Waals surface area contributed by atoms with Crippen molar-refractivity contribution >= 4 is 5.91 Å². The Bertz CT molecular complexity index is 720. The van der Waals surface area contributed by atoms with Gasteiger partial charge in [-0.1, -0.05) is 17.7 Å². The van der Waals surface area contributed by atoms with Crippen molar-refractivity contribution in [2.45, 2.75) is 13.5 Å². The van der Waals surface area contributed by atoms with E-state index in [4.69, 9.17) is 4.74 Å². The standard InChI is InChI=1S/C16H18N2O3/c1-11-4-5-14(21-3)13(8-11)10-17-16(20)12-6-7-18(2)15(19)9-12/h4-9H,10H2,1-3H3,(H,17,20). The first kappa shape index (κ1) is 14.8. The summed E-state index contributed by atoms with van der Waals surface area (Å²) in [6, 6.07) is 8.72. The largest absolute Gasteiger partial charge is 0.496 e. The van der Waals surface area contributed by atoms with Crippen LogP contribution < -0.4 is 15.6 Å². The molecule has 21 heavy (non-hydrogen) atoms. The molecule has 1 aromatic carbocycles. The summed E-state index contributed by atoms with van der Waals surface area (Å²) in [7, 11) is 3.23.